The van der Waals surface area contributed by atoms with Gasteiger partial charge >= 0.3 is 0 Å². The maximum atomic E-state index is 11.8. The molecule has 1 heterocycles. The fourth-order valence-corrected chi connectivity index (χ4v) is 1.85. The van der Waals surface area contributed by atoms with Crippen LogP contribution in [-0.4, -0.2) is 35.1 Å². The van der Waals surface area contributed by atoms with E-state index in [9.17, 15) is 14.7 Å². The van der Waals surface area contributed by atoms with Crippen LogP contribution in [0.15, 0.2) is 0 Å². The molecule has 3 N–H and O–H groups in total. The van der Waals surface area contributed by atoms with Gasteiger partial charge in [-0.25, -0.2) is 0 Å². The molecule has 0 aromatic rings. The number of hydrogen-bond donors (Lipinski definition) is 3. The summed E-state index contributed by atoms with van der Waals surface area (Å²) in [5.41, 5.74) is -0.551. The third-order valence-electron chi connectivity index (χ3n) is 3.36. The molecule has 2 amide bonds. The topological polar surface area (TPSA) is 78.4 Å². The average molecular weight is 228 g/mol. The first-order chi connectivity index (χ1) is 7.56. The monoisotopic (exact) mass is 228 g/mol. The van der Waals surface area contributed by atoms with Crippen molar-refractivity contribution in [2.45, 2.75) is 51.1 Å². The van der Waals surface area contributed by atoms with E-state index in [1.54, 1.807) is 0 Å². The van der Waals surface area contributed by atoms with E-state index in [1.807, 2.05) is 13.8 Å². The van der Waals surface area contributed by atoms with Crippen LogP contribution < -0.4 is 10.6 Å². The summed E-state index contributed by atoms with van der Waals surface area (Å²) in [6.07, 6.45) is 2.29. The average Bonchev–Trinajstić information content (AvgIpc) is 2.73. The van der Waals surface area contributed by atoms with Gasteiger partial charge < -0.3 is 15.7 Å². The van der Waals surface area contributed by atoms with Crippen LogP contribution in [0.5, 0.6) is 0 Å². The Morgan fingerprint density at radius 2 is 2.19 bits per heavy atom. The van der Waals surface area contributed by atoms with Gasteiger partial charge in [0, 0.05) is 6.42 Å². The van der Waals surface area contributed by atoms with Gasteiger partial charge in [-0.15, -0.1) is 0 Å². The molecule has 0 saturated carbocycles. The molecule has 0 aliphatic carbocycles. The Hall–Kier alpha value is -1.10. The lowest BCUT2D eigenvalue weighted by atomic mass is 9.93. The molecule has 5 heteroatoms. The second-order valence-electron chi connectivity index (χ2n) is 4.29. The van der Waals surface area contributed by atoms with Gasteiger partial charge in [-0.05, 0) is 19.3 Å². The molecule has 0 spiro atoms. The van der Waals surface area contributed by atoms with E-state index in [1.165, 1.54) is 0 Å². The molecule has 5 nitrogen and oxygen atoms in total. The zero-order valence-corrected chi connectivity index (χ0v) is 9.88. The predicted molar refractivity (Wildman–Crippen MR) is 59.7 cm³/mol. The minimum Gasteiger partial charge on any atom is -0.394 e. The quantitative estimate of drug-likeness (QED) is 0.616. The highest BCUT2D eigenvalue weighted by Crippen LogP contribution is 2.16. The van der Waals surface area contributed by atoms with Crippen molar-refractivity contribution >= 4 is 11.8 Å². The lowest BCUT2D eigenvalue weighted by Gasteiger charge is -2.31. The van der Waals surface area contributed by atoms with E-state index in [4.69, 9.17) is 0 Å². The van der Waals surface area contributed by atoms with Gasteiger partial charge in [-0.2, -0.15) is 0 Å². The summed E-state index contributed by atoms with van der Waals surface area (Å²) in [4.78, 5) is 22.8. The third-order valence-corrected chi connectivity index (χ3v) is 3.36. The second-order valence-corrected chi connectivity index (χ2v) is 4.29. The van der Waals surface area contributed by atoms with Crippen molar-refractivity contribution in [3.63, 3.8) is 0 Å². The maximum Gasteiger partial charge on any atom is 0.243 e. The summed E-state index contributed by atoms with van der Waals surface area (Å²) < 4.78 is 0. The van der Waals surface area contributed by atoms with Crippen LogP contribution >= 0.6 is 0 Å². The molecule has 1 saturated heterocycles. The van der Waals surface area contributed by atoms with Crippen molar-refractivity contribution in [2.24, 2.45) is 0 Å². The first-order valence-corrected chi connectivity index (χ1v) is 5.79. The first-order valence-electron chi connectivity index (χ1n) is 5.79. The lowest BCUT2D eigenvalue weighted by molar-refractivity contribution is -0.127. The molecule has 1 atom stereocenters. The van der Waals surface area contributed by atoms with Crippen LogP contribution in [0.2, 0.25) is 0 Å². The molecule has 0 bridgehead atoms. The Bertz CT molecular complexity index is 266. The van der Waals surface area contributed by atoms with Crippen molar-refractivity contribution in [3.05, 3.63) is 0 Å². The molecular formula is C11H20N2O3. The van der Waals surface area contributed by atoms with E-state index in [2.05, 4.69) is 10.6 Å². The van der Waals surface area contributed by atoms with E-state index in [-0.39, 0.29) is 18.4 Å². The number of carbonyl (C=O) groups excluding carboxylic acids is 2. The normalized spacial score (nSPS) is 20.7. The van der Waals surface area contributed by atoms with Crippen molar-refractivity contribution < 1.29 is 14.7 Å². The van der Waals surface area contributed by atoms with Crippen molar-refractivity contribution in [2.75, 3.05) is 6.61 Å². The summed E-state index contributed by atoms with van der Waals surface area (Å²) in [7, 11) is 0. The summed E-state index contributed by atoms with van der Waals surface area (Å²) in [5, 5.41) is 14.8. The molecular weight excluding hydrogens is 208 g/mol. The van der Waals surface area contributed by atoms with Crippen LogP contribution in [0.25, 0.3) is 0 Å². The van der Waals surface area contributed by atoms with E-state index < -0.39 is 11.6 Å². The van der Waals surface area contributed by atoms with Gasteiger partial charge in [0.05, 0.1) is 12.1 Å². The van der Waals surface area contributed by atoms with E-state index in [0.717, 1.165) is 0 Å². The molecule has 1 aliphatic heterocycles. The minimum atomic E-state index is -0.551. The molecule has 0 radical (unpaired) electrons. The highest BCUT2D eigenvalue weighted by atomic mass is 16.3. The predicted octanol–water partition coefficient (Wildman–Crippen LogP) is -0.0677. The number of amides is 2. The number of rotatable bonds is 5. The van der Waals surface area contributed by atoms with Crippen LogP contribution in [0.1, 0.15) is 39.5 Å². The fourth-order valence-electron chi connectivity index (χ4n) is 1.85. The molecule has 1 fully saturated rings. The van der Waals surface area contributed by atoms with Crippen molar-refractivity contribution in [1.82, 2.24) is 10.6 Å². The van der Waals surface area contributed by atoms with Gasteiger partial charge in [-0.3, -0.25) is 9.59 Å². The summed E-state index contributed by atoms with van der Waals surface area (Å²) in [5.74, 6) is -0.272. The molecule has 0 aromatic heterocycles. The molecule has 92 valence electrons. The molecule has 16 heavy (non-hydrogen) atoms. The summed E-state index contributed by atoms with van der Waals surface area (Å²) in [6, 6.07) is -0.434. The third kappa shape index (κ3) is 2.72. The Kier molecular flexibility index (Phi) is 4.29. The Morgan fingerprint density at radius 1 is 1.56 bits per heavy atom. The minimum absolute atomic E-state index is 0.0770. The Labute approximate surface area is 95.6 Å². The molecule has 1 aliphatic rings. The standard InChI is InChI=1S/C11H20N2O3/c1-3-11(4-2,7-14)13-10(16)8-5-6-9(15)12-8/h8,14H,3-7H2,1-2H3,(H,12,15)(H,13,16). The Morgan fingerprint density at radius 3 is 2.56 bits per heavy atom. The second kappa shape index (κ2) is 5.30. The molecule has 0 aromatic carbocycles. The van der Waals surface area contributed by atoms with Crippen LogP contribution in [0.3, 0.4) is 0 Å². The van der Waals surface area contributed by atoms with Gasteiger partial charge in [0.2, 0.25) is 11.8 Å². The molecule has 1 unspecified atom stereocenters. The fraction of sp³-hybridized carbons (Fsp3) is 0.818. The van der Waals surface area contributed by atoms with E-state index in [0.29, 0.717) is 25.7 Å². The van der Waals surface area contributed by atoms with Crippen molar-refractivity contribution in [3.8, 4) is 0 Å². The Balaban J connectivity index is 2.58. The highest BCUT2D eigenvalue weighted by Gasteiger charge is 2.33. The number of nitrogens with one attached hydrogen (secondary N) is 2. The van der Waals surface area contributed by atoms with Crippen LogP contribution in [0.4, 0.5) is 0 Å². The van der Waals surface area contributed by atoms with Gasteiger partial charge in [0.1, 0.15) is 6.04 Å². The number of hydrogen-bond acceptors (Lipinski definition) is 3. The maximum absolute atomic E-state index is 11.8. The number of carbonyl (C=O) groups is 2. The SMILES string of the molecule is CCC(CC)(CO)NC(=O)C1CCC(=O)N1. The zero-order valence-electron chi connectivity index (χ0n) is 9.88. The van der Waals surface area contributed by atoms with Gasteiger partial charge in [-0.1, -0.05) is 13.8 Å². The summed E-state index contributed by atoms with van der Waals surface area (Å²) in [6.45, 7) is 3.77. The number of aliphatic hydroxyl groups excluding tert-OH is 1. The smallest absolute Gasteiger partial charge is 0.243 e. The van der Waals surface area contributed by atoms with Crippen LogP contribution in [0, 0.1) is 0 Å². The number of aliphatic hydroxyl groups is 1. The lowest BCUT2D eigenvalue weighted by Crippen LogP contribution is -2.55. The largest absolute Gasteiger partial charge is 0.394 e. The first kappa shape index (κ1) is 13.0. The van der Waals surface area contributed by atoms with Gasteiger partial charge in [0.15, 0.2) is 0 Å². The van der Waals surface area contributed by atoms with Crippen LogP contribution in [-0.2, 0) is 9.59 Å². The van der Waals surface area contributed by atoms with Crippen molar-refractivity contribution in [1.29, 1.82) is 0 Å². The zero-order chi connectivity index (χ0) is 12.2. The summed E-state index contributed by atoms with van der Waals surface area (Å²) >= 11 is 0. The van der Waals surface area contributed by atoms with E-state index >= 15 is 0 Å². The molecule has 1 rings (SSSR count). The van der Waals surface area contributed by atoms with Gasteiger partial charge in [0.25, 0.3) is 0 Å². The highest BCUT2D eigenvalue weighted by molar-refractivity contribution is 5.91.